The summed E-state index contributed by atoms with van der Waals surface area (Å²) in [6.45, 7) is 5.51. The highest BCUT2D eigenvalue weighted by Gasteiger charge is 2.46. The molecule has 9 nitrogen and oxygen atoms in total. The third kappa shape index (κ3) is 5.90. The fourth-order valence-corrected chi connectivity index (χ4v) is 4.09. The fraction of sp³-hybridized carbons (Fsp3) is 0.462. The first-order valence-electron chi connectivity index (χ1n) is 11.7. The van der Waals surface area contributed by atoms with E-state index in [-0.39, 0.29) is 24.9 Å². The molecule has 2 heterocycles. The number of hydrogen-bond donors (Lipinski definition) is 0. The Hall–Kier alpha value is -3.62. The van der Waals surface area contributed by atoms with Gasteiger partial charge in [0.2, 0.25) is 11.8 Å². The van der Waals surface area contributed by atoms with Gasteiger partial charge in [-0.1, -0.05) is 18.2 Å². The molecule has 2 amide bonds. The van der Waals surface area contributed by atoms with Crippen molar-refractivity contribution >= 4 is 28.7 Å². The van der Waals surface area contributed by atoms with Gasteiger partial charge >= 0.3 is 12.1 Å². The fourth-order valence-electron chi connectivity index (χ4n) is 4.09. The number of methoxy groups -OCH3 is 1. The molecule has 1 aliphatic heterocycles. The number of likely N-dealkylation sites (tertiary alicyclic amines) is 1. The van der Waals surface area contributed by atoms with Gasteiger partial charge in [0.1, 0.15) is 17.7 Å². The topological polar surface area (TPSA) is 98.3 Å². The van der Waals surface area contributed by atoms with Crippen molar-refractivity contribution in [3.8, 4) is 5.88 Å². The number of fused-ring (bicyclic) bond motifs is 1. The molecule has 4 rings (SSSR count). The van der Waals surface area contributed by atoms with Crippen molar-refractivity contribution in [1.29, 1.82) is 0 Å². The maximum atomic E-state index is 13.6. The normalized spacial score (nSPS) is 20.2. The highest BCUT2D eigenvalue weighted by atomic mass is 16.6. The molecule has 1 aliphatic carbocycles. The van der Waals surface area contributed by atoms with Crippen LogP contribution in [-0.4, -0.2) is 70.2 Å². The Bertz CT molecular complexity index is 1130. The number of ether oxygens (including phenoxy) is 3. The van der Waals surface area contributed by atoms with Gasteiger partial charge in [0, 0.05) is 36.3 Å². The zero-order valence-corrected chi connectivity index (χ0v) is 20.5. The Morgan fingerprint density at radius 3 is 2.57 bits per heavy atom. The maximum Gasteiger partial charge on any atom is 0.411 e. The lowest BCUT2D eigenvalue weighted by atomic mass is 10.1. The van der Waals surface area contributed by atoms with E-state index in [1.54, 1.807) is 27.0 Å². The summed E-state index contributed by atoms with van der Waals surface area (Å²) in [5, 5.41) is 1.84. The quantitative estimate of drug-likeness (QED) is 0.459. The third-order valence-electron chi connectivity index (χ3n) is 5.86. The lowest BCUT2D eigenvalue weighted by Crippen LogP contribution is -2.48. The second kappa shape index (κ2) is 9.93. The summed E-state index contributed by atoms with van der Waals surface area (Å²) < 4.78 is 16.5. The molecule has 9 heteroatoms. The van der Waals surface area contributed by atoms with E-state index >= 15 is 0 Å². The Morgan fingerprint density at radius 1 is 1.14 bits per heavy atom. The Kier molecular flexibility index (Phi) is 6.95. The molecule has 0 spiro atoms. The number of esters is 1. The van der Waals surface area contributed by atoms with Crippen LogP contribution >= 0.6 is 0 Å². The van der Waals surface area contributed by atoms with Crippen LogP contribution in [-0.2, 0) is 19.1 Å². The van der Waals surface area contributed by atoms with E-state index in [1.807, 2.05) is 30.3 Å². The lowest BCUT2D eigenvalue weighted by Gasteiger charge is -2.30. The molecule has 0 bridgehead atoms. The number of amides is 2. The maximum absolute atomic E-state index is 13.6. The predicted molar refractivity (Wildman–Crippen MR) is 129 cm³/mol. The van der Waals surface area contributed by atoms with Crippen molar-refractivity contribution < 1.29 is 28.6 Å². The van der Waals surface area contributed by atoms with Crippen molar-refractivity contribution in [2.24, 2.45) is 0 Å². The van der Waals surface area contributed by atoms with Crippen LogP contribution in [0.2, 0.25) is 0 Å². The standard InChI is InChI=1S/C26H31N3O6/c1-26(2,3)35-25(32)29-16-19(34-23-20-8-6-5-7-17(20)11-13-27-23)15-21(29)24(31)28(18-9-10-18)14-12-22(30)33-4/h5-8,11-14,18-19,21H,9-10,15-16H2,1-4H3. The van der Waals surface area contributed by atoms with Gasteiger partial charge in [-0.25, -0.2) is 14.6 Å². The van der Waals surface area contributed by atoms with Gasteiger partial charge in [0.05, 0.1) is 13.7 Å². The number of hydrogen-bond acceptors (Lipinski definition) is 7. The minimum atomic E-state index is -0.798. The van der Waals surface area contributed by atoms with Gasteiger partial charge in [-0.05, 0) is 51.1 Å². The summed E-state index contributed by atoms with van der Waals surface area (Å²) in [4.78, 5) is 45.7. The summed E-state index contributed by atoms with van der Waals surface area (Å²) >= 11 is 0. The van der Waals surface area contributed by atoms with Crippen LogP contribution in [0.15, 0.2) is 48.8 Å². The van der Waals surface area contributed by atoms with Crippen molar-refractivity contribution in [2.45, 2.75) is 63.8 Å². The van der Waals surface area contributed by atoms with Crippen LogP contribution in [0.1, 0.15) is 40.0 Å². The van der Waals surface area contributed by atoms with Crippen LogP contribution in [0.5, 0.6) is 5.88 Å². The summed E-state index contributed by atoms with van der Waals surface area (Å²) in [5.74, 6) is -0.382. The first kappa shape index (κ1) is 24.5. The molecule has 2 aromatic rings. The van der Waals surface area contributed by atoms with Crippen LogP contribution in [0.25, 0.3) is 10.8 Å². The van der Waals surface area contributed by atoms with Crippen LogP contribution in [0, 0.1) is 0 Å². The summed E-state index contributed by atoms with van der Waals surface area (Å²) in [6, 6.07) is 8.83. The van der Waals surface area contributed by atoms with Crippen molar-refractivity contribution in [3.05, 3.63) is 48.8 Å². The Morgan fingerprint density at radius 2 is 1.89 bits per heavy atom. The van der Waals surface area contributed by atoms with E-state index in [4.69, 9.17) is 9.47 Å². The minimum absolute atomic E-state index is 0.0106. The summed E-state index contributed by atoms with van der Waals surface area (Å²) in [6.07, 6.45) is 5.23. The van der Waals surface area contributed by atoms with Crippen molar-refractivity contribution in [1.82, 2.24) is 14.8 Å². The number of carbonyl (C=O) groups excluding carboxylic acids is 3. The van der Waals surface area contributed by atoms with Crippen molar-refractivity contribution in [2.75, 3.05) is 13.7 Å². The number of benzene rings is 1. The number of carbonyl (C=O) groups is 3. The van der Waals surface area contributed by atoms with E-state index in [2.05, 4.69) is 9.72 Å². The number of pyridine rings is 1. The van der Waals surface area contributed by atoms with Gasteiger partial charge in [0.25, 0.3) is 0 Å². The second-order valence-electron chi connectivity index (χ2n) is 9.78. The molecule has 1 aromatic heterocycles. The monoisotopic (exact) mass is 481 g/mol. The van der Waals surface area contributed by atoms with E-state index in [0.29, 0.717) is 5.88 Å². The van der Waals surface area contributed by atoms with Crippen molar-refractivity contribution in [3.63, 3.8) is 0 Å². The smallest absolute Gasteiger partial charge is 0.411 e. The SMILES string of the molecule is COC(=O)C=CN(C(=O)C1CC(Oc2nccc3ccccc23)CN1C(=O)OC(C)(C)C)C1CC1. The molecule has 0 radical (unpaired) electrons. The highest BCUT2D eigenvalue weighted by Crippen LogP contribution is 2.33. The molecule has 2 unspecified atom stereocenters. The van der Waals surface area contributed by atoms with Gasteiger partial charge in [-0.15, -0.1) is 0 Å². The van der Waals surface area contributed by atoms with Gasteiger partial charge < -0.3 is 19.1 Å². The van der Waals surface area contributed by atoms with Gasteiger partial charge in [-0.3, -0.25) is 9.69 Å². The third-order valence-corrected chi connectivity index (χ3v) is 5.86. The zero-order valence-electron chi connectivity index (χ0n) is 20.5. The molecule has 2 atom stereocenters. The molecule has 0 N–H and O–H groups in total. The highest BCUT2D eigenvalue weighted by molar-refractivity contribution is 5.89. The molecule has 35 heavy (non-hydrogen) atoms. The second-order valence-corrected chi connectivity index (χ2v) is 9.78. The first-order valence-corrected chi connectivity index (χ1v) is 11.7. The molecule has 1 saturated heterocycles. The molecular weight excluding hydrogens is 450 g/mol. The first-order chi connectivity index (χ1) is 16.7. The van der Waals surface area contributed by atoms with E-state index < -0.39 is 29.8 Å². The molecule has 2 fully saturated rings. The zero-order chi connectivity index (χ0) is 25.2. The average Bonchev–Trinajstić information content (AvgIpc) is 3.56. The molecule has 2 aliphatic rings. The minimum Gasteiger partial charge on any atom is -0.472 e. The Balaban J connectivity index is 1.59. The van der Waals surface area contributed by atoms with E-state index in [1.165, 1.54) is 29.2 Å². The van der Waals surface area contributed by atoms with E-state index in [0.717, 1.165) is 23.6 Å². The van der Waals surface area contributed by atoms with Gasteiger partial charge in [-0.2, -0.15) is 0 Å². The molecular formula is C26H31N3O6. The van der Waals surface area contributed by atoms with Crippen LogP contribution in [0.3, 0.4) is 0 Å². The lowest BCUT2D eigenvalue weighted by molar-refractivity contribution is -0.135. The predicted octanol–water partition coefficient (Wildman–Crippen LogP) is 3.67. The van der Waals surface area contributed by atoms with Crippen LogP contribution in [0.4, 0.5) is 4.79 Å². The van der Waals surface area contributed by atoms with Crippen LogP contribution < -0.4 is 4.74 Å². The van der Waals surface area contributed by atoms with Gasteiger partial charge in [0.15, 0.2) is 0 Å². The molecule has 1 saturated carbocycles. The summed E-state index contributed by atoms with van der Waals surface area (Å²) in [5.41, 5.74) is -0.720. The average molecular weight is 482 g/mol. The Labute approximate surface area is 204 Å². The molecule has 1 aromatic carbocycles. The number of nitrogens with zero attached hydrogens (tertiary/aromatic N) is 3. The summed E-state index contributed by atoms with van der Waals surface area (Å²) in [7, 11) is 1.28. The molecule has 186 valence electrons. The largest absolute Gasteiger partial charge is 0.472 e. The van der Waals surface area contributed by atoms with E-state index in [9.17, 15) is 14.4 Å². The number of rotatable bonds is 6. The number of aromatic nitrogens is 1.